The molecule has 4 atom stereocenters. The smallest absolute Gasteiger partial charge is 0.303 e. The lowest BCUT2D eigenvalue weighted by Crippen LogP contribution is -2.44. The number of nitrogens with two attached hydrogens (primary N) is 1. The number of amides is 1. The highest BCUT2D eigenvalue weighted by atomic mass is 16.6. The van der Waals surface area contributed by atoms with E-state index in [-0.39, 0.29) is 12.2 Å². The number of primary amides is 1. The molecule has 3 heterocycles. The number of imidazole rings is 1. The van der Waals surface area contributed by atoms with Crippen LogP contribution >= 0.6 is 0 Å². The molecular weight excluding hydrogens is 308 g/mol. The van der Waals surface area contributed by atoms with Crippen molar-refractivity contribution >= 4 is 23.7 Å². The summed E-state index contributed by atoms with van der Waals surface area (Å²) in [5, 5.41) is 2.95. The Morgan fingerprint density at radius 1 is 1.30 bits per heavy atom. The summed E-state index contributed by atoms with van der Waals surface area (Å²) in [5.41, 5.74) is 5.35. The summed E-state index contributed by atoms with van der Waals surface area (Å²) >= 11 is 0. The third kappa shape index (κ3) is 2.72. The molecule has 2 aliphatic heterocycles. The maximum atomic E-state index is 11.4. The average Bonchev–Trinajstić information content (AvgIpc) is 2.88. The molecule has 0 radical (unpaired) electrons. The summed E-state index contributed by atoms with van der Waals surface area (Å²) < 4.78 is 17.9. The van der Waals surface area contributed by atoms with E-state index < -0.39 is 42.4 Å². The van der Waals surface area contributed by atoms with E-state index in [1.807, 2.05) is 0 Å². The number of rotatable bonds is 3. The molecule has 0 aliphatic carbocycles. The van der Waals surface area contributed by atoms with Crippen LogP contribution in [-0.2, 0) is 30.3 Å². The molecule has 2 aliphatic rings. The predicted molar refractivity (Wildman–Crippen MR) is 74.1 cm³/mol. The van der Waals surface area contributed by atoms with Gasteiger partial charge in [-0.25, -0.2) is 4.98 Å². The maximum Gasteiger partial charge on any atom is 0.303 e. The van der Waals surface area contributed by atoms with Gasteiger partial charge in [-0.3, -0.25) is 14.4 Å². The molecule has 1 aromatic heterocycles. The Hall–Kier alpha value is -2.62. The minimum absolute atomic E-state index is 0.0618. The fraction of sp³-hybridized carbons (Fsp3) is 0.538. The van der Waals surface area contributed by atoms with E-state index >= 15 is 0 Å². The number of anilines is 1. The Morgan fingerprint density at radius 2 is 1.96 bits per heavy atom. The Morgan fingerprint density at radius 3 is 2.57 bits per heavy atom. The van der Waals surface area contributed by atoms with Crippen LogP contribution in [0.4, 0.5) is 5.82 Å². The monoisotopic (exact) mass is 324 g/mol. The van der Waals surface area contributed by atoms with Crippen LogP contribution in [-0.4, -0.2) is 51.9 Å². The van der Waals surface area contributed by atoms with E-state index in [0.29, 0.717) is 5.82 Å². The molecule has 3 N–H and O–H groups in total. The second-order valence-electron chi connectivity index (χ2n) is 5.35. The molecule has 1 fully saturated rings. The highest BCUT2D eigenvalue weighted by Crippen LogP contribution is 2.33. The zero-order valence-electron chi connectivity index (χ0n) is 12.5. The summed E-state index contributed by atoms with van der Waals surface area (Å²) in [6, 6.07) is 0. The molecule has 124 valence electrons. The summed E-state index contributed by atoms with van der Waals surface area (Å²) in [6.45, 7) is 2.77. The SMILES string of the molecule is CC(=O)OC1C(OC(C)=O)[C@H]2Cn3cnc(C(N)=O)c3N[C@@H]1O2. The fourth-order valence-electron chi connectivity index (χ4n) is 2.83. The van der Waals surface area contributed by atoms with Crippen molar-refractivity contribution in [3.63, 3.8) is 0 Å². The highest BCUT2D eigenvalue weighted by molar-refractivity contribution is 5.95. The first-order valence-corrected chi connectivity index (χ1v) is 6.98. The number of nitrogens with zero attached hydrogens (tertiary/aromatic N) is 2. The molecule has 2 unspecified atom stereocenters. The van der Waals surface area contributed by atoms with E-state index in [4.69, 9.17) is 19.9 Å². The third-order valence-electron chi connectivity index (χ3n) is 3.64. The van der Waals surface area contributed by atoms with Crippen molar-refractivity contribution in [3.05, 3.63) is 12.0 Å². The van der Waals surface area contributed by atoms with Crippen molar-refractivity contribution in [2.75, 3.05) is 5.32 Å². The number of ether oxygens (including phenoxy) is 3. The van der Waals surface area contributed by atoms with Crippen LogP contribution in [0.1, 0.15) is 24.3 Å². The second kappa shape index (κ2) is 5.54. The molecule has 2 bridgehead atoms. The largest absolute Gasteiger partial charge is 0.456 e. The first kappa shape index (κ1) is 15.3. The maximum absolute atomic E-state index is 11.4. The summed E-state index contributed by atoms with van der Waals surface area (Å²) in [6.07, 6.45) is -1.51. The van der Waals surface area contributed by atoms with Gasteiger partial charge in [-0.15, -0.1) is 0 Å². The number of carbonyl (C=O) groups excluding carboxylic acids is 3. The van der Waals surface area contributed by atoms with Crippen molar-refractivity contribution in [1.82, 2.24) is 9.55 Å². The minimum Gasteiger partial charge on any atom is -0.456 e. The van der Waals surface area contributed by atoms with Gasteiger partial charge in [0.1, 0.15) is 11.9 Å². The Labute approximate surface area is 130 Å². The third-order valence-corrected chi connectivity index (χ3v) is 3.64. The number of fused-ring (bicyclic) bond motifs is 3. The molecule has 10 nitrogen and oxygen atoms in total. The molecule has 1 amide bonds. The van der Waals surface area contributed by atoms with Crippen molar-refractivity contribution in [2.45, 2.75) is 44.9 Å². The van der Waals surface area contributed by atoms with Gasteiger partial charge in [0.15, 0.2) is 24.1 Å². The van der Waals surface area contributed by atoms with Crippen molar-refractivity contribution in [3.8, 4) is 0 Å². The lowest BCUT2D eigenvalue weighted by molar-refractivity contribution is -0.164. The minimum atomic E-state index is -0.842. The van der Waals surface area contributed by atoms with E-state index in [0.717, 1.165) is 0 Å². The fourth-order valence-corrected chi connectivity index (χ4v) is 2.83. The van der Waals surface area contributed by atoms with Crippen LogP contribution in [0.2, 0.25) is 0 Å². The number of hydrogen-bond acceptors (Lipinski definition) is 8. The van der Waals surface area contributed by atoms with Crippen molar-refractivity contribution in [2.24, 2.45) is 5.73 Å². The van der Waals surface area contributed by atoms with Gasteiger partial charge in [0.05, 0.1) is 12.9 Å². The normalized spacial score (nSPS) is 28.3. The van der Waals surface area contributed by atoms with Gasteiger partial charge in [-0.1, -0.05) is 0 Å². The quantitative estimate of drug-likeness (QED) is 0.676. The molecule has 0 saturated carbocycles. The number of carbonyl (C=O) groups is 3. The average molecular weight is 324 g/mol. The van der Waals surface area contributed by atoms with E-state index in [9.17, 15) is 14.4 Å². The number of hydrogen-bond donors (Lipinski definition) is 2. The van der Waals surface area contributed by atoms with Gasteiger partial charge in [0, 0.05) is 13.8 Å². The lowest BCUT2D eigenvalue weighted by atomic mass is 10.1. The Bertz CT molecular complexity index is 671. The molecule has 23 heavy (non-hydrogen) atoms. The van der Waals surface area contributed by atoms with Gasteiger partial charge in [0.2, 0.25) is 0 Å². The van der Waals surface area contributed by atoms with Gasteiger partial charge in [-0.05, 0) is 0 Å². The van der Waals surface area contributed by atoms with Crippen LogP contribution in [0.25, 0.3) is 0 Å². The van der Waals surface area contributed by atoms with Crippen LogP contribution in [0.5, 0.6) is 0 Å². The first-order chi connectivity index (χ1) is 10.9. The van der Waals surface area contributed by atoms with Gasteiger partial charge in [-0.2, -0.15) is 0 Å². The lowest BCUT2D eigenvalue weighted by Gasteiger charge is -2.26. The predicted octanol–water partition coefficient (Wildman–Crippen LogP) is -1.00. The van der Waals surface area contributed by atoms with Crippen LogP contribution in [0.3, 0.4) is 0 Å². The molecule has 0 aromatic carbocycles. The molecule has 3 rings (SSSR count). The summed E-state index contributed by atoms with van der Waals surface area (Å²) in [4.78, 5) is 38.1. The van der Waals surface area contributed by atoms with Crippen LogP contribution < -0.4 is 11.1 Å². The van der Waals surface area contributed by atoms with Crippen LogP contribution in [0, 0.1) is 0 Å². The molecule has 0 spiro atoms. The number of nitrogens with one attached hydrogen (secondary N) is 1. The Balaban J connectivity index is 1.94. The zero-order valence-corrected chi connectivity index (χ0v) is 12.5. The molecule has 1 saturated heterocycles. The van der Waals surface area contributed by atoms with Crippen LogP contribution in [0.15, 0.2) is 6.33 Å². The van der Waals surface area contributed by atoms with Crippen molar-refractivity contribution < 1.29 is 28.6 Å². The standard InChI is InChI=1S/C13H16N4O6/c1-5(18)21-9-7-3-17-4-15-8(11(14)20)12(17)16-13(23-7)10(9)22-6(2)19/h4,7,9-10,13,16H,3H2,1-2H3,(H2,14,20)/t7-,9?,10?,13-/m1/s1. The number of aromatic nitrogens is 2. The molecular formula is C13H16N4O6. The number of esters is 2. The van der Waals surface area contributed by atoms with E-state index in [1.165, 1.54) is 20.2 Å². The van der Waals surface area contributed by atoms with Gasteiger partial charge in [0.25, 0.3) is 5.91 Å². The second-order valence-corrected chi connectivity index (χ2v) is 5.35. The van der Waals surface area contributed by atoms with Crippen molar-refractivity contribution in [1.29, 1.82) is 0 Å². The van der Waals surface area contributed by atoms with E-state index in [1.54, 1.807) is 4.57 Å². The Kier molecular flexibility index (Phi) is 3.68. The highest BCUT2D eigenvalue weighted by Gasteiger charge is 2.51. The van der Waals surface area contributed by atoms with Gasteiger partial charge >= 0.3 is 11.9 Å². The van der Waals surface area contributed by atoms with E-state index in [2.05, 4.69) is 10.3 Å². The topological polar surface area (TPSA) is 135 Å². The first-order valence-electron chi connectivity index (χ1n) is 6.98. The zero-order chi connectivity index (χ0) is 16.7. The molecule has 10 heteroatoms. The summed E-state index contributed by atoms with van der Waals surface area (Å²) in [5.74, 6) is -1.36. The molecule has 1 aromatic rings. The van der Waals surface area contributed by atoms with Gasteiger partial charge < -0.3 is 29.8 Å². The summed E-state index contributed by atoms with van der Waals surface area (Å²) in [7, 11) is 0.